The van der Waals surface area contributed by atoms with Crippen molar-refractivity contribution < 1.29 is 4.42 Å². The first kappa shape index (κ1) is 14.3. The SMILES string of the molecule is CCCCN(CC)Cc1cc(CNCC)co1. The fraction of sp³-hybridized carbons (Fsp3) is 0.714. The third-order valence-electron chi connectivity index (χ3n) is 2.94. The molecule has 0 amide bonds. The number of furan rings is 1. The standard InChI is InChI=1S/C14H26N2O/c1-4-7-8-16(6-3)11-14-9-13(12-17-14)10-15-5-2/h9,12,15H,4-8,10-11H2,1-3H3. The van der Waals surface area contributed by atoms with E-state index in [4.69, 9.17) is 4.42 Å². The van der Waals surface area contributed by atoms with E-state index in [0.29, 0.717) is 0 Å². The van der Waals surface area contributed by atoms with Crippen LogP contribution in [0.3, 0.4) is 0 Å². The van der Waals surface area contributed by atoms with E-state index in [-0.39, 0.29) is 0 Å². The van der Waals surface area contributed by atoms with E-state index in [9.17, 15) is 0 Å². The molecule has 1 heterocycles. The molecule has 3 heteroatoms. The summed E-state index contributed by atoms with van der Waals surface area (Å²) in [6, 6.07) is 2.16. The number of unbranched alkanes of at least 4 members (excludes halogenated alkanes) is 1. The van der Waals surface area contributed by atoms with Crippen LogP contribution in [0.25, 0.3) is 0 Å². The monoisotopic (exact) mass is 238 g/mol. The first-order valence-electron chi connectivity index (χ1n) is 6.79. The van der Waals surface area contributed by atoms with Crippen LogP contribution >= 0.6 is 0 Å². The van der Waals surface area contributed by atoms with Crippen LogP contribution in [0.5, 0.6) is 0 Å². The molecule has 98 valence electrons. The molecule has 0 saturated heterocycles. The molecule has 17 heavy (non-hydrogen) atoms. The van der Waals surface area contributed by atoms with E-state index in [1.54, 1.807) is 0 Å². The van der Waals surface area contributed by atoms with Crippen molar-refractivity contribution in [2.75, 3.05) is 19.6 Å². The summed E-state index contributed by atoms with van der Waals surface area (Å²) >= 11 is 0. The van der Waals surface area contributed by atoms with Crippen molar-refractivity contribution in [2.24, 2.45) is 0 Å². The van der Waals surface area contributed by atoms with Gasteiger partial charge in [-0.25, -0.2) is 0 Å². The van der Waals surface area contributed by atoms with Crippen LogP contribution in [0, 0.1) is 0 Å². The maximum absolute atomic E-state index is 5.59. The summed E-state index contributed by atoms with van der Waals surface area (Å²) in [7, 11) is 0. The third-order valence-corrected chi connectivity index (χ3v) is 2.94. The number of hydrogen-bond donors (Lipinski definition) is 1. The summed E-state index contributed by atoms with van der Waals surface area (Å²) in [6.45, 7) is 11.6. The number of nitrogens with zero attached hydrogens (tertiary/aromatic N) is 1. The molecular formula is C14H26N2O. The highest BCUT2D eigenvalue weighted by Gasteiger charge is 2.07. The lowest BCUT2D eigenvalue weighted by Gasteiger charge is -2.18. The molecule has 0 unspecified atom stereocenters. The summed E-state index contributed by atoms with van der Waals surface area (Å²) in [5.41, 5.74) is 1.24. The minimum Gasteiger partial charge on any atom is -0.468 e. The van der Waals surface area contributed by atoms with Gasteiger partial charge in [-0.15, -0.1) is 0 Å². The molecule has 1 rings (SSSR count). The van der Waals surface area contributed by atoms with Crippen molar-refractivity contribution in [1.29, 1.82) is 0 Å². The molecule has 1 aromatic heterocycles. The quantitative estimate of drug-likeness (QED) is 0.717. The van der Waals surface area contributed by atoms with Gasteiger partial charge in [0.25, 0.3) is 0 Å². The molecule has 0 fully saturated rings. The fourth-order valence-corrected chi connectivity index (χ4v) is 1.82. The predicted molar refractivity (Wildman–Crippen MR) is 71.9 cm³/mol. The highest BCUT2D eigenvalue weighted by Crippen LogP contribution is 2.11. The van der Waals surface area contributed by atoms with Gasteiger partial charge < -0.3 is 9.73 Å². The van der Waals surface area contributed by atoms with Crippen LogP contribution in [0.4, 0.5) is 0 Å². The van der Waals surface area contributed by atoms with Crippen molar-refractivity contribution >= 4 is 0 Å². The van der Waals surface area contributed by atoms with Crippen molar-refractivity contribution in [3.63, 3.8) is 0 Å². The van der Waals surface area contributed by atoms with Gasteiger partial charge in [0.05, 0.1) is 12.8 Å². The maximum atomic E-state index is 5.59. The minimum atomic E-state index is 0.904. The van der Waals surface area contributed by atoms with Crippen LogP contribution in [-0.2, 0) is 13.1 Å². The lowest BCUT2D eigenvalue weighted by molar-refractivity contribution is 0.252. The first-order valence-corrected chi connectivity index (χ1v) is 6.79. The topological polar surface area (TPSA) is 28.4 Å². The van der Waals surface area contributed by atoms with Gasteiger partial charge in [-0.1, -0.05) is 27.2 Å². The van der Waals surface area contributed by atoms with E-state index in [2.05, 4.69) is 37.1 Å². The zero-order chi connectivity index (χ0) is 12.5. The lowest BCUT2D eigenvalue weighted by atomic mass is 10.2. The Balaban J connectivity index is 2.40. The second-order valence-corrected chi connectivity index (χ2v) is 4.42. The van der Waals surface area contributed by atoms with Gasteiger partial charge in [0.1, 0.15) is 5.76 Å². The zero-order valence-corrected chi connectivity index (χ0v) is 11.5. The molecular weight excluding hydrogens is 212 g/mol. The Morgan fingerprint density at radius 1 is 1.29 bits per heavy atom. The van der Waals surface area contributed by atoms with Gasteiger partial charge in [-0.3, -0.25) is 4.90 Å². The molecule has 0 aliphatic rings. The summed E-state index contributed by atoms with van der Waals surface area (Å²) in [5.74, 6) is 1.08. The Kier molecular flexibility index (Phi) is 6.97. The molecule has 0 aliphatic heterocycles. The molecule has 0 spiro atoms. The van der Waals surface area contributed by atoms with Gasteiger partial charge in [0, 0.05) is 12.1 Å². The van der Waals surface area contributed by atoms with E-state index in [0.717, 1.165) is 38.5 Å². The van der Waals surface area contributed by atoms with Crippen LogP contribution in [0.15, 0.2) is 16.7 Å². The average molecular weight is 238 g/mol. The Bertz CT molecular complexity index is 296. The Morgan fingerprint density at radius 3 is 2.76 bits per heavy atom. The van der Waals surface area contributed by atoms with E-state index in [1.165, 1.54) is 18.4 Å². The van der Waals surface area contributed by atoms with Crippen molar-refractivity contribution in [2.45, 2.75) is 46.7 Å². The highest BCUT2D eigenvalue weighted by atomic mass is 16.3. The van der Waals surface area contributed by atoms with E-state index < -0.39 is 0 Å². The number of nitrogens with one attached hydrogen (secondary N) is 1. The van der Waals surface area contributed by atoms with Gasteiger partial charge in [-0.05, 0) is 32.1 Å². The summed E-state index contributed by atoms with van der Waals surface area (Å²) < 4.78 is 5.59. The van der Waals surface area contributed by atoms with Crippen molar-refractivity contribution in [3.8, 4) is 0 Å². The summed E-state index contributed by atoms with van der Waals surface area (Å²) in [6.07, 6.45) is 4.38. The summed E-state index contributed by atoms with van der Waals surface area (Å²) in [4.78, 5) is 2.43. The smallest absolute Gasteiger partial charge is 0.118 e. The number of rotatable bonds is 9. The molecule has 0 radical (unpaired) electrons. The largest absolute Gasteiger partial charge is 0.468 e. The minimum absolute atomic E-state index is 0.904. The molecule has 0 atom stereocenters. The Hall–Kier alpha value is -0.800. The maximum Gasteiger partial charge on any atom is 0.118 e. The molecule has 0 bridgehead atoms. The third kappa shape index (κ3) is 5.37. The van der Waals surface area contributed by atoms with Crippen LogP contribution < -0.4 is 5.32 Å². The first-order chi connectivity index (χ1) is 8.30. The normalized spacial score (nSPS) is 11.3. The van der Waals surface area contributed by atoms with E-state index in [1.807, 2.05) is 6.26 Å². The molecule has 0 saturated carbocycles. The average Bonchev–Trinajstić information content (AvgIpc) is 2.79. The molecule has 0 aliphatic carbocycles. The van der Waals surface area contributed by atoms with Gasteiger partial charge >= 0.3 is 0 Å². The van der Waals surface area contributed by atoms with Crippen molar-refractivity contribution in [1.82, 2.24) is 10.2 Å². The van der Waals surface area contributed by atoms with Crippen LogP contribution in [0.2, 0.25) is 0 Å². The summed E-state index contributed by atoms with van der Waals surface area (Å²) in [5, 5.41) is 3.31. The van der Waals surface area contributed by atoms with Gasteiger partial charge in [-0.2, -0.15) is 0 Å². The highest BCUT2D eigenvalue weighted by molar-refractivity contribution is 5.12. The fourth-order valence-electron chi connectivity index (χ4n) is 1.82. The predicted octanol–water partition coefficient (Wildman–Crippen LogP) is 3.01. The Labute approximate surface area is 105 Å². The van der Waals surface area contributed by atoms with Crippen LogP contribution in [0.1, 0.15) is 44.9 Å². The Morgan fingerprint density at radius 2 is 2.12 bits per heavy atom. The van der Waals surface area contributed by atoms with E-state index >= 15 is 0 Å². The second kappa shape index (κ2) is 8.31. The molecule has 0 aromatic carbocycles. The lowest BCUT2D eigenvalue weighted by Crippen LogP contribution is -2.23. The van der Waals surface area contributed by atoms with Crippen LogP contribution in [-0.4, -0.2) is 24.5 Å². The van der Waals surface area contributed by atoms with Gasteiger partial charge in [0.2, 0.25) is 0 Å². The molecule has 1 N–H and O–H groups in total. The number of hydrogen-bond acceptors (Lipinski definition) is 3. The van der Waals surface area contributed by atoms with Crippen molar-refractivity contribution in [3.05, 3.63) is 23.7 Å². The van der Waals surface area contributed by atoms with Gasteiger partial charge in [0.15, 0.2) is 0 Å². The molecule has 1 aromatic rings. The molecule has 3 nitrogen and oxygen atoms in total. The second-order valence-electron chi connectivity index (χ2n) is 4.42. The zero-order valence-electron chi connectivity index (χ0n) is 11.5.